The SMILES string of the molecule is C=CCCCOC(=O)[C@@H]1[C@@H]2CCC3(O2)C(C(=O)N(CC=C)Cc2ccccc2)N([C@H](CO)c2ccccc2)C(=O)[C@H]13. The standard InChI is InChI=1S/C33H38N2O6/c1-3-5-12-20-40-32(39)27-26-17-18-33(41-26)28(27)30(37)35(25(22-36)24-15-10-7-11-16-24)29(33)31(38)34(19-4-2)21-23-13-8-6-9-14-23/h3-4,6-11,13-16,25-29,36H,1-2,5,12,17-22H2/t25-,26+,27-,28+,29?,33?/m1/s1. The lowest BCUT2D eigenvalue weighted by Gasteiger charge is -2.39. The Bertz CT molecular complexity index is 1270. The number of allylic oxidation sites excluding steroid dienone is 1. The summed E-state index contributed by atoms with van der Waals surface area (Å²) >= 11 is 0. The van der Waals surface area contributed by atoms with Crippen LogP contribution in [0.2, 0.25) is 0 Å². The third-order valence-corrected chi connectivity index (χ3v) is 8.61. The number of nitrogens with zero attached hydrogens (tertiary/aromatic N) is 2. The van der Waals surface area contributed by atoms with E-state index in [1.54, 1.807) is 17.1 Å². The molecule has 8 heteroatoms. The van der Waals surface area contributed by atoms with Crippen molar-refractivity contribution >= 4 is 17.8 Å². The molecule has 2 aromatic carbocycles. The van der Waals surface area contributed by atoms with E-state index < -0.39 is 41.6 Å². The third-order valence-electron chi connectivity index (χ3n) is 8.61. The normalized spacial score (nSPS) is 26.9. The number of esters is 1. The predicted octanol–water partition coefficient (Wildman–Crippen LogP) is 3.82. The molecule has 0 radical (unpaired) electrons. The Labute approximate surface area is 241 Å². The summed E-state index contributed by atoms with van der Waals surface area (Å²) in [4.78, 5) is 45.6. The van der Waals surface area contributed by atoms with E-state index in [-0.39, 0.29) is 31.6 Å². The summed E-state index contributed by atoms with van der Waals surface area (Å²) < 4.78 is 12.2. The minimum Gasteiger partial charge on any atom is -0.465 e. The number of benzene rings is 2. The fourth-order valence-electron chi connectivity index (χ4n) is 6.87. The first-order chi connectivity index (χ1) is 20.0. The lowest BCUT2D eigenvalue weighted by molar-refractivity contribution is -0.156. The topological polar surface area (TPSA) is 96.4 Å². The molecule has 3 aliphatic rings. The molecule has 0 aromatic heterocycles. The van der Waals surface area contributed by atoms with Gasteiger partial charge in [0.2, 0.25) is 11.8 Å². The lowest BCUT2D eigenvalue weighted by atomic mass is 9.70. The molecule has 0 aliphatic carbocycles. The number of carbonyl (C=O) groups is 3. The second-order valence-corrected chi connectivity index (χ2v) is 11.0. The molecular weight excluding hydrogens is 520 g/mol. The Hall–Kier alpha value is -3.75. The molecule has 41 heavy (non-hydrogen) atoms. The Morgan fingerprint density at radius 1 is 1.12 bits per heavy atom. The van der Waals surface area contributed by atoms with Gasteiger partial charge >= 0.3 is 5.97 Å². The number of fused-ring (bicyclic) bond motifs is 1. The highest BCUT2D eigenvalue weighted by molar-refractivity contribution is 5.98. The highest BCUT2D eigenvalue weighted by atomic mass is 16.6. The molecule has 3 fully saturated rings. The van der Waals surface area contributed by atoms with Crippen LogP contribution in [0.25, 0.3) is 0 Å². The van der Waals surface area contributed by atoms with Gasteiger partial charge in [0, 0.05) is 13.1 Å². The van der Waals surface area contributed by atoms with Crippen LogP contribution in [0.1, 0.15) is 42.9 Å². The summed E-state index contributed by atoms with van der Waals surface area (Å²) in [6.45, 7) is 7.98. The molecule has 6 atom stereocenters. The molecule has 3 aliphatic heterocycles. The first kappa shape index (κ1) is 28.8. The van der Waals surface area contributed by atoms with E-state index in [0.717, 1.165) is 5.56 Å². The van der Waals surface area contributed by atoms with Crippen molar-refractivity contribution in [3.63, 3.8) is 0 Å². The van der Waals surface area contributed by atoms with Crippen LogP contribution in [0, 0.1) is 11.8 Å². The minimum atomic E-state index is -1.19. The first-order valence-corrected chi connectivity index (χ1v) is 14.3. The van der Waals surface area contributed by atoms with E-state index in [9.17, 15) is 19.5 Å². The van der Waals surface area contributed by atoms with Crippen molar-refractivity contribution in [3.05, 3.63) is 97.1 Å². The van der Waals surface area contributed by atoms with E-state index in [1.807, 2.05) is 60.7 Å². The second kappa shape index (κ2) is 12.4. The lowest BCUT2D eigenvalue weighted by Crippen LogP contribution is -2.57. The van der Waals surface area contributed by atoms with Gasteiger partial charge in [-0.25, -0.2) is 0 Å². The van der Waals surface area contributed by atoms with Gasteiger partial charge in [-0.1, -0.05) is 72.8 Å². The van der Waals surface area contributed by atoms with Gasteiger partial charge in [0.15, 0.2) is 0 Å². The molecule has 5 rings (SSSR count). The van der Waals surface area contributed by atoms with Gasteiger partial charge < -0.3 is 24.4 Å². The van der Waals surface area contributed by atoms with E-state index in [0.29, 0.717) is 37.8 Å². The monoisotopic (exact) mass is 558 g/mol. The first-order valence-electron chi connectivity index (χ1n) is 14.3. The van der Waals surface area contributed by atoms with Crippen molar-refractivity contribution in [1.82, 2.24) is 9.80 Å². The molecule has 2 unspecified atom stereocenters. The van der Waals surface area contributed by atoms with E-state index in [1.165, 1.54) is 4.90 Å². The molecule has 3 heterocycles. The summed E-state index contributed by atoms with van der Waals surface area (Å²) in [5.41, 5.74) is 0.447. The van der Waals surface area contributed by atoms with Gasteiger partial charge in [0.25, 0.3) is 0 Å². The highest BCUT2D eigenvalue weighted by Gasteiger charge is 2.75. The molecule has 1 spiro atoms. The fourth-order valence-corrected chi connectivity index (χ4v) is 6.87. The zero-order chi connectivity index (χ0) is 29.0. The molecule has 8 nitrogen and oxygen atoms in total. The smallest absolute Gasteiger partial charge is 0.312 e. The number of aliphatic hydroxyl groups excluding tert-OH is 1. The predicted molar refractivity (Wildman–Crippen MR) is 153 cm³/mol. The summed E-state index contributed by atoms with van der Waals surface area (Å²) in [7, 11) is 0. The number of carbonyl (C=O) groups excluding carboxylic acids is 3. The van der Waals surface area contributed by atoms with Crippen molar-refractivity contribution < 1.29 is 29.0 Å². The van der Waals surface area contributed by atoms with Crippen LogP contribution >= 0.6 is 0 Å². The van der Waals surface area contributed by atoms with Crippen molar-refractivity contribution in [3.8, 4) is 0 Å². The van der Waals surface area contributed by atoms with Crippen LogP contribution in [-0.2, 0) is 30.4 Å². The number of hydrogen-bond acceptors (Lipinski definition) is 6. The van der Waals surface area contributed by atoms with Gasteiger partial charge in [-0.15, -0.1) is 13.2 Å². The Balaban J connectivity index is 1.54. The Morgan fingerprint density at radius 2 is 1.83 bits per heavy atom. The maximum absolute atomic E-state index is 14.6. The number of ether oxygens (including phenoxy) is 2. The highest BCUT2D eigenvalue weighted by Crippen LogP contribution is 2.60. The third kappa shape index (κ3) is 5.22. The molecule has 0 saturated carbocycles. The van der Waals surface area contributed by atoms with Crippen molar-refractivity contribution in [2.24, 2.45) is 11.8 Å². The number of aliphatic hydroxyl groups is 1. The molecule has 2 aromatic rings. The summed E-state index contributed by atoms with van der Waals surface area (Å²) in [6.07, 6.45) is 5.28. The van der Waals surface area contributed by atoms with Crippen molar-refractivity contribution in [2.45, 2.75) is 56.0 Å². The quantitative estimate of drug-likeness (QED) is 0.228. The second-order valence-electron chi connectivity index (χ2n) is 11.0. The van der Waals surface area contributed by atoms with Gasteiger partial charge in [-0.2, -0.15) is 0 Å². The van der Waals surface area contributed by atoms with E-state index in [4.69, 9.17) is 9.47 Å². The average Bonchev–Trinajstić information content (AvgIpc) is 3.64. The van der Waals surface area contributed by atoms with Gasteiger partial charge in [0.1, 0.15) is 11.6 Å². The van der Waals surface area contributed by atoms with E-state index in [2.05, 4.69) is 13.2 Å². The number of amides is 2. The van der Waals surface area contributed by atoms with Gasteiger partial charge in [0.05, 0.1) is 37.2 Å². The molecule has 2 amide bonds. The zero-order valence-corrected chi connectivity index (χ0v) is 23.3. The maximum atomic E-state index is 14.6. The van der Waals surface area contributed by atoms with Crippen molar-refractivity contribution in [1.29, 1.82) is 0 Å². The number of hydrogen-bond donors (Lipinski definition) is 1. The number of unbranched alkanes of at least 4 members (excludes halogenated alkanes) is 1. The van der Waals surface area contributed by atoms with Crippen molar-refractivity contribution in [2.75, 3.05) is 19.8 Å². The Morgan fingerprint density at radius 3 is 2.49 bits per heavy atom. The molecule has 3 saturated heterocycles. The van der Waals surface area contributed by atoms with Crippen LogP contribution in [0.5, 0.6) is 0 Å². The van der Waals surface area contributed by atoms with Crippen LogP contribution in [0.3, 0.4) is 0 Å². The maximum Gasteiger partial charge on any atom is 0.312 e. The summed E-state index contributed by atoms with van der Waals surface area (Å²) in [5, 5.41) is 10.6. The molecule has 1 N–H and O–H groups in total. The van der Waals surface area contributed by atoms with Gasteiger partial charge in [-0.05, 0) is 36.8 Å². The number of likely N-dealkylation sites (tertiary alicyclic amines) is 1. The molecule has 216 valence electrons. The average molecular weight is 559 g/mol. The zero-order valence-electron chi connectivity index (χ0n) is 23.3. The van der Waals surface area contributed by atoms with E-state index >= 15 is 0 Å². The van der Waals surface area contributed by atoms with Crippen LogP contribution in [0.4, 0.5) is 0 Å². The summed E-state index contributed by atoms with van der Waals surface area (Å²) in [6, 6.07) is 17.0. The number of rotatable bonds is 13. The summed E-state index contributed by atoms with van der Waals surface area (Å²) in [5.74, 6) is -2.81. The molecular formula is C33H38N2O6. The largest absolute Gasteiger partial charge is 0.465 e. The van der Waals surface area contributed by atoms with Crippen LogP contribution in [-0.4, -0.2) is 70.2 Å². The Kier molecular flexibility index (Phi) is 8.71. The fraction of sp³-hybridized carbons (Fsp3) is 0.424. The minimum absolute atomic E-state index is 0.224. The van der Waals surface area contributed by atoms with Crippen LogP contribution < -0.4 is 0 Å². The van der Waals surface area contributed by atoms with Gasteiger partial charge in [-0.3, -0.25) is 14.4 Å². The van der Waals surface area contributed by atoms with Crippen LogP contribution in [0.15, 0.2) is 86.0 Å². The molecule has 2 bridgehead atoms.